The summed E-state index contributed by atoms with van der Waals surface area (Å²) in [6.07, 6.45) is 9.42. The molecule has 0 aromatic carbocycles. The first-order valence-electron chi connectivity index (χ1n) is 7.79. The summed E-state index contributed by atoms with van der Waals surface area (Å²) in [4.78, 5) is 26.1. The normalized spacial score (nSPS) is 27.2. The summed E-state index contributed by atoms with van der Waals surface area (Å²) in [7, 11) is 0. The molecule has 1 N–H and O–H groups in total. The van der Waals surface area contributed by atoms with Gasteiger partial charge < -0.3 is 10.0 Å². The number of amides is 1. The van der Waals surface area contributed by atoms with E-state index in [2.05, 4.69) is 6.58 Å². The average Bonchev–Trinajstić information content (AvgIpc) is 2.98. The van der Waals surface area contributed by atoms with Crippen LogP contribution in [0, 0.1) is 11.8 Å². The van der Waals surface area contributed by atoms with Gasteiger partial charge in [0.1, 0.15) is 0 Å². The molecule has 1 amide bonds. The summed E-state index contributed by atoms with van der Waals surface area (Å²) in [6, 6.07) is 0.289. The molecule has 2 aliphatic carbocycles. The van der Waals surface area contributed by atoms with Gasteiger partial charge >= 0.3 is 5.97 Å². The maximum Gasteiger partial charge on any atom is 0.307 e. The topological polar surface area (TPSA) is 57.6 Å². The predicted octanol–water partition coefficient (Wildman–Crippen LogP) is 2.83. The summed E-state index contributed by atoms with van der Waals surface area (Å²) >= 11 is 0. The number of carbonyl (C=O) groups excluding carboxylic acids is 1. The van der Waals surface area contributed by atoms with Gasteiger partial charge in [0, 0.05) is 12.6 Å². The Balaban J connectivity index is 2.11. The highest BCUT2D eigenvalue weighted by atomic mass is 16.4. The molecule has 2 unspecified atom stereocenters. The van der Waals surface area contributed by atoms with Crippen molar-refractivity contribution in [3.63, 3.8) is 0 Å². The van der Waals surface area contributed by atoms with Gasteiger partial charge in [0.05, 0.1) is 11.8 Å². The molecule has 0 saturated heterocycles. The Labute approximate surface area is 120 Å². The van der Waals surface area contributed by atoms with E-state index in [-0.39, 0.29) is 17.9 Å². The van der Waals surface area contributed by atoms with Crippen molar-refractivity contribution in [3.05, 3.63) is 12.7 Å². The van der Waals surface area contributed by atoms with Crippen LogP contribution in [0.1, 0.15) is 51.4 Å². The summed E-state index contributed by atoms with van der Waals surface area (Å²) in [5, 5.41) is 9.34. The Hall–Kier alpha value is -1.32. The molecule has 2 atom stereocenters. The zero-order chi connectivity index (χ0) is 14.5. The lowest BCUT2D eigenvalue weighted by atomic mass is 9.78. The van der Waals surface area contributed by atoms with Crippen LogP contribution in [0.2, 0.25) is 0 Å². The highest BCUT2D eigenvalue weighted by Gasteiger charge is 2.39. The first-order valence-corrected chi connectivity index (χ1v) is 7.79. The van der Waals surface area contributed by atoms with E-state index >= 15 is 0 Å². The Kier molecular flexibility index (Phi) is 5.21. The maximum absolute atomic E-state index is 12.8. The van der Waals surface area contributed by atoms with Gasteiger partial charge in [-0.2, -0.15) is 0 Å². The van der Waals surface area contributed by atoms with Crippen LogP contribution in [0.4, 0.5) is 0 Å². The third kappa shape index (κ3) is 3.22. The molecule has 0 radical (unpaired) electrons. The molecule has 20 heavy (non-hydrogen) atoms. The van der Waals surface area contributed by atoms with Crippen molar-refractivity contribution in [2.45, 2.75) is 57.4 Å². The molecule has 112 valence electrons. The molecule has 2 saturated carbocycles. The van der Waals surface area contributed by atoms with Crippen molar-refractivity contribution >= 4 is 11.9 Å². The van der Waals surface area contributed by atoms with Crippen molar-refractivity contribution in [3.8, 4) is 0 Å². The van der Waals surface area contributed by atoms with Gasteiger partial charge in [-0.25, -0.2) is 0 Å². The average molecular weight is 279 g/mol. The third-order valence-electron chi connectivity index (χ3n) is 4.77. The van der Waals surface area contributed by atoms with Crippen LogP contribution in [0.5, 0.6) is 0 Å². The summed E-state index contributed by atoms with van der Waals surface area (Å²) < 4.78 is 0. The Morgan fingerprint density at radius 2 is 1.60 bits per heavy atom. The molecule has 0 aromatic heterocycles. The number of carbonyl (C=O) groups is 2. The van der Waals surface area contributed by atoms with Crippen molar-refractivity contribution in [1.82, 2.24) is 4.90 Å². The molecule has 2 aliphatic rings. The molecule has 0 spiro atoms. The first-order chi connectivity index (χ1) is 9.65. The molecule has 4 heteroatoms. The van der Waals surface area contributed by atoms with Crippen LogP contribution in [-0.2, 0) is 9.59 Å². The van der Waals surface area contributed by atoms with Gasteiger partial charge in [0.2, 0.25) is 5.91 Å². The van der Waals surface area contributed by atoms with Gasteiger partial charge in [-0.1, -0.05) is 31.8 Å². The van der Waals surface area contributed by atoms with Gasteiger partial charge in [-0.05, 0) is 25.7 Å². The van der Waals surface area contributed by atoms with Crippen LogP contribution in [-0.4, -0.2) is 34.5 Å². The fraction of sp³-hybridized carbons (Fsp3) is 0.750. The van der Waals surface area contributed by atoms with Crippen LogP contribution in [0.25, 0.3) is 0 Å². The minimum absolute atomic E-state index is 0.0453. The molecule has 4 nitrogen and oxygen atoms in total. The minimum Gasteiger partial charge on any atom is -0.481 e. The maximum atomic E-state index is 12.8. The van der Waals surface area contributed by atoms with Crippen LogP contribution in [0.3, 0.4) is 0 Å². The summed E-state index contributed by atoms with van der Waals surface area (Å²) in [5.74, 6) is -1.59. The lowest BCUT2D eigenvalue weighted by Gasteiger charge is -2.35. The Bertz CT molecular complexity index is 370. The van der Waals surface area contributed by atoms with E-state index in [1.54, 1.807) is 6.08 Å². The zero-order valence-corrected chi connectivity index (χ0v) is 12.1. The number of aliphatic carboxylic acids is 1. The van der Waals surface area contributed by atoms with Crippen molar-refractivity contribution in [2.24, 2.45) is 11.8 Å². The number of carboxylic acids is 1. The van der Waals surface area contributed by atoms with Crippen molar-refractivity contribution in [1.29, 1.82) is 0 Å². The number of carboxylic acid groups (broad SMARTS) is 1. The van der Waals surface area contributed by atoms with Crippen LogP contribution in [0.15, 0.2) is 12.7 Å². The van der Waals surface area contributed by atoms with Gasteiger partial charge in [0.15, 0.2) is 0 Å². The second-order valence-corrected chi connectivity index (χ2v) is 6.05. The fourth-order valence-electron chi connectivity index (χ4n) is 3.71. The standard InChI is InChI=1S/C16H25NO3/c1-2-11-17(12-7-3-4-8-12)15(18)13-9-5-6-10-14(13)16(19)20/h2,12-14H,1,3-11H2,(H,19,20). The van der Waals surface area contributed by atoms with E-state index in [0.717, 1.165) is 32.1 Å². The number of hydrogen-bond donors (Lipinski definition) is 1. The van der Waals surface area contributed by atoms with Gasteiger partial charge in [-0.15, -0.1) is 6.58 Å². The first kappa shape index (κ1) is 15.1. The highest BCUT2D eigenvalue weighted by Crippen LogP contribution is 2.34. The SMILES string of the molecule is C=CCN(C(=O)C1CCCCC1C(=O)O)C1CCCC1. The van der Waals surface area contributed by atoms with E-state index in [0.29, 0.717) is 13.0 Å². The highest BCUT2D eigenvalue weighted by molar-refractivity contribution is 5.85. The van der Waals surface area contributed by atoms with E-state index in [1.807, 2.05) is 4.90 Å². The molecule has 2 fully saturated rings. The molecular weight excluding hydrogens is 254 g/mol. The van der Waals surface area contributed by atoms with Crippen LogP contribution >= 0.6 is 0 Å². The van der Waals surface area contributed by atoms with E-state index in [9.17, 15) is 14.7 Å². The quantitative estimate of drug-likeness (QED) is 0.787. The summed E-state index contributed by atoms with van der Waals surface area (Å²) in [6.45, 7) is 4.29. The van der Waals surface area contributed by atoms with Gasteiger partial charge in [0.25, 0.3) is 0 Å². The lowest BCUT2D eigenvalue weighted by Crippen LogP contribution is -2.46. The predicted molar refractivity (Wildman–Crippen MR) is 77.2 cm³/mol. The molecule has 0 heterocycles. The van der Waals surface area contributed by atoms with Crippen molar-refractivity contribution < 1.29 is 14.7 Å². The second kappa shape index (κ2) is 6.91. The largest absolute Gasteiger partial charge is 0.481 e. The van der Waals surface area contributed by atoms with Crippen LogP contribution < -0.4 is 0 Å². The van der Waals surface area contributed by atoms with Crippen molar-refractivity contribution in [2.75, 3.05) is 6.54 Å². The molecule has 0 aromatic rings. The zero-order valence-electron chi connectivity index (χ0n) is 12.1. The summed E-state index contributed by atoms with van der Waals surface area (Å²) in [5.41, 5.74) is 0. The Morgan fingerprint density at radius 3 is 2.15 bits per heavy atom. The molecule has 0 bridgehead atoms. The monoisotopic (exact) mass is 279 g/mol. The van der Waals surface area contributed by atoms with E-state index < -0.39 is 11.9 Å². The number of rotatable bonds is 5. The van der Waals surface area contributed by atoms with E-state index in [4.69, 9.17) is 0 Å². The van der Waals surface area contributed by atoms with E-state index in [1.165, 1.54) is 12.8 Å². The number of hydrogen-bond acceptors (Lipinski definition) is 2. The molecular formula is C16H25NO3. The third-order valence-corrected chi connectivity index (χ3v) is 4.77. The fourth-order valence-corrected chi connectivity index (χ4v) is 3.71. The second-order valence-electron chi connectivity index (χ2n) is 6.05. The Morgan fingerprint density at radius 1 is 1.05 bits per heavy atom. The lowest BCUT2D eigenvalue weighted by molar-refractivity contribution is -0.153. The minimum atomic E-state index is -0.812. The smallest absolute Gasteiger partial charge is 0.307 e. The van der Waals surface area contributed by atoms with Gasteiger partial charge in [-0.3, -0.25) is 9.59 Å². The number of nitrogens with zero attached hydrogens (tertiary/aromatic N) is 1. The molecule has 2 rings (SSSR count). The molecule has 0 aliphatic heterocycles.